The SMILES string of the molecule is Cc1ccc(C(=O)Nc2cc([N+](=O)[O-])ccc2O)c(O)c1. The number of benzene rings is 2. The van der Waals surface area contributed by atoms with Crippen LogP contribution in [0.5, 0.6) is 11.5 Å². The number of hydrogen-bond donors (Lipinski definition) is 3. The molecule has 2 aromatic rings. The number of nitrogens with zero attached hydrogens (tertiary/aromatic N) is 1. The van der Waals surface area contributed by atoms with Gasteiger partial charge in [-0.05, 0) is 30.7 Å². The summed E-state index contributed by atoms with van der Waals surface area (Å²) in [4.78, 5) is 22.1. The minimum Gasteiger partial charge on any atom is -0.507 e. The van der Waals surface area contributed by atoms with E-state index in [9.17, 15) is 25.1 Å². The molecule has 0 aliphatic carbocycles. The highest BCUT2D eigenvalue weighted by atomic mass is 16.6. The molecule has 2 aromatic carbocycles. The van der Waals surface area contributed by atoms with E-state index in [0.29, 0.717) is 0 Å². The van der Waals surface area contributed by atoms with E-state index in [2.05, 4.69) is 5.32 Å². The summed E-state index contributed by atoms with van der Waals surface area (Å²) < 4.78 is 0. The van der Waals surface area contributed by atoms with Gasteiger partial charge in [-0.3, -0.25) is 14.9 Å². The summed E-state index contributed by atoms with van der Waals surface area (Å²) in [6.07, 6.45) is 0. The van der Waals surface area contributed by atoms with Gasteiger partial charge in [-0.2, -0.15) is 0 Å². The number of carbonyl (C=O) groups excluding carboxylic acids is 1. The molecule has 0 fully saturated rings. The highest BCUT2D eigenvalue weighted by Crippen LogP contribution is 2.29. The summed E-state index contributed by atoms with van der Waals surface area (Å²) in [7, 11) is 0. The zero-order valence-corrected chi connectivity index (χ0v) is 11.0. The summed E-state index contributed by atoms with van der Waals surface area (Å²) in [5.41, 5.74) is 0.416. The van der Waals surface area contributed by atoms with E-state index in [1.807, 2.05) is 0 Å². The molecule has 3 N–H and O–H groups in total. The number of aryl methyl sites for hydroxylation is 1. The second-order valence-electron chi connectivity index (χ2n) is 4.43. The molecule has 0 atom stereocenters. The largest absolute Gasteiger partial charge is 0.507 e. The van der Waals surface area contributed by atoms with Gasteiger partial charge < -0.3 is 15.5 Å². The summed E-state index contributed by atoms with van der Waals surface area (Å²) in [5, 5.41) is 32.4. The minimum atomic E-state index is -0.678. The Kier molecular flexibility index (Phi) is 3.75. The Balaban J connectivity index is 2.31. The third kappa shape index (κ3) is 3.08. The van der Waals surface area contributed by atoms with Gasteiger partial charge >= 0.3 is 0 Å². The van der Waals surface area contributed by atoms with Crippen molar-refractivity contribution in [2.75, 3.05) is 5.32 Å². The van der Waals surface area contributed by atoms with Crippen molar-refractivity contribution in [2.45, 2.75) is 6.92 Å². The Morgan fingerprint density at radius 3 is 2.48 bits per heavy atom. The van der Waals surface area contributed by atoms with E-state index >= 15 is 0 Å². The second-order valence-corrected chi connectivity index (χ2v) is 4.43. The lowest BCUT2D eigenvalue weighted by Crippen LogP contribution is -2.12. The summed E-state index contributed by atoms with van der Waals surface area (Å²) in [6.45, 7) is 1.76. The Bertz CT molecular complexity index is 727. The fourth-order valence-electron chi connectivity index (χ4n) is 1.76. The molecular weight excluding hydrogens is 276 g/mol. The molecule has 0 saturated heterocycles. The maximum Gasteiger partial charge on any atom is 0.271 e. The van der Waals surface area contributed by atoms with Crippen molar-refractivity contribution in [3.8, 4) is 11.5 Å². The predicted octanol–water partition coefficient (Wildman–Crippen LogP) is 2.57. The van der Waals surface area contributed by atoms with Crippen LogP contribution in [0.3, 0.4) is 0 Å². The molecule has 0 aliphatic heterocycles. The number of phenols is 2. The molecule has 0 heterocycles. The number of nitro groups is 1. The minimum absolute atomic E-state index is 0.00602. The van der Waals surface area contributed by atoms with Gasteiger partial charge in [-0.1, -0.05) is 6.07 Å². The monoisotopic (exact) mass is 288 g/mol. The van der Waals surface area contributed by atoms with E-state index in [1.54, 1.807) is 13.0 Å². The number of rotatable bonds is 3. The number of hydrogen-bond acceptors (Lipinski definition) is 5. The third-order valence-electron chi connectivity index (χ3n) is 2.84. The zero-order chi connectivity index (χ0) is 15.6. The Hall–Kier alpha value is -3.09. The number of carbonyl (C=O) groups is 1. The van der Waals surface area contributed by atoms with Crippen LogP contribution in [0, 0.1) is 17.0 Å². The summed E-state index contributed by atoms with van der Waals surface area (Å²) in [6, 6.07) is 7.76. The van der Waals surface area contributed by atoms with Crippen LogP contribution in [0.1, 0.15) is 15.9 Å². The molecule has 0 radical (unpaired) electrons. The van der Waals surface area contributed by atoms with Gasteiger partial charge in [0.2, 0.25) is 0 Å². The molecule has 0 aliphatic rings. The molecule has 0 spiro atoms. The van der Waals surface area contributed by atoms with Crippen LogP contribution >= 0.6 is 0 Å². The first-order valence-corrected chi connectivity index (χ1v) is 5.97. The van der Waals surface area contributed by atoms with Gasteiger partial charge in [0.05, 0.1) is 16.2 Å². The fraction of sp³-hybridized carbons (Fsp3) is 0.0714. The maximum atomic E-state index is 12.0. The first-order valence-electron chi connectivity index (χ1n) is 5.97. The molecule has 7 nitrogen and oxygen atoms in total. The van der Waals surface area contributed by atoms with Gasteiger partial charge in [0, 0.05) is 12.1 Å². The van der Waals surface area contributed by atoms with Crippen LogP contribution in [-0.2, 0) is 0 Å². The van der Waals surface area contributed by atoms with Gasteiger partial charge in [0.1, 0.15) is 11.5 Å². The number of aromatic hydroxyl groups is 2. The topological polar surface area (TPSA) is 113 Å². The van der Waals surface area contributed by atoms with Crippen molar-refractivity contribution in [3.05, 3.63) is 57.6 Å². The number of phenolic OH excluding ortho intramolecular Hbond substituents is 2. The Labute approximate surface area is 119 Å². The fourth-order valence-corrected chi connectivity index (χ4v) is 1.76. The molecule has 108 valence electrons. The standard InChI is InChI=1S/C14H12N2O5/c1-8-2-4-10(13(18)6-8)14(19)15-11-7-9(16(20)21)3-5-12(11)17/h2-7,17-18H,1H3,(H,15,19). The smallest absolute Gasteiger partial charge is 0.271 e. The molecule has 0 saturated carbocycles. The van der Waals surface area contributed by atoms with E-state index < -0.39 is 10.8 Å². The second kappa shape index (κ2) is 5.49. The lowest BCUT2D eigenvalue weighted by atomic mass is 10.1. The van der Waals surface area contributed by atoms with E-state index in [1.165, 1.54) is 12.1 Å². The quantitative estimate of drug-likeness (QED) is 0.456. The highest BCUT2D eigenvalue weighted by molar-refractivity contribution is 6.07. The van der Waals surface area contributed by atoms with E-state index in [-0.39, 0.29) is 28.4 Å². The molecule has 2 rings (SSSR count). The van der Waals surface area contributed by atoms with Gasteiger partial charge in [0.25, 0.3) is 11.6 Å². The summed E-state index contributed by atoms with van der Waals surface area (Å²) in [5.74, 6) is -1.19. The summed E-state index contributed by atoms with van der Waals surface area (Å²) >= 11 is 0. The van der Waals surface area contributed by atoms with Crippen molar-refractivity contribution in [3.63, 3.8) is 0 Å². The molecule has 0 bridgehead atoms. The zero-order valence-electron chi connectivity index (χ0n) is 11.0. The lowest BCUT2D eigenvalue weighted by molar-refractivity contribution is -0.384. The highest BCUT2D eigenvalue weighted by Gasteiger charge is 2.16. The van der Waals surface area contributed by atoms with Crippen LogP contribution in [0.2, 0.25) is 0 Å². The number of non-ortho nitro benzene ring substituents is 1. The average molecular weight is 288 g/mol. The molecule has 1 amide bonds. The first kappa shape index (κ1) is 14.3. The van der Waals surface area contributed by atoms with Crippen molar-refractivity contribution >= 4 is 17.3 Å². The van der Waals surface area contributed by atoms with Crippen molar-refractivity contribution in [1.82, 2.24) is 0 Å². The van der Waals surface area contributed by atoms with Gasteiger partial charge in [0.15, 0.2) is 0 Å². The normalized spacial score (nSPS) is 10.1. The lowest BCUT2D eigenvalue weighted by Gasteiger charge is -2.08. The van der Waals surface area contributed by atoms with Gasteiger partial charge in [-0.15, -0.1) is 0 Å². The van der Waals surface area contributed by atoms with Crippen molar-refractivity contribution < 1.29 is 19.9 Å². The predicted molar refractivity (Wildman–Crippen MR) is 75.6 cm³/mol. The van der Waals surface area contributed by atoms with Crippen LogP contribution in [-0.4, -0.2) is 21.0 Å². The number of nitro benzene ring substituents is 1. The van der Waals surface area contributed by atoms with E-state index in [0.717, 1.165) is 23.8 Å². The molecule has 21 heavy (non-hydrogen) atoms. The molecule has 7 heteroatoms. The number of amides is 1. The van der Waals surface area contributed by atoms with Crippen LogP contribution < -0.4 is 5.32 Å². The molecular formula is C14H12N2O5. The third-order valence-corrected chi connectivity index (χ3v) is 2.84. The van der Waals surface area contributed by atoms with Gasteiger partial charge in [-0.25, -0.2) is 0 Å². The number of nitrogens with one attached hydrogen (secondary N) is 1. The Morgan fingerprint density at radius 1 is 1.14 bits per heavy atom. The average Bonchev–Trinajstić information content (AvgIpc) is 2.40. The van der Waals surface area contributed by atoms with Crippen molar-refractivity contribution in [2.24, 2.45) is 0 Å². The Morgan fingerprint density at radius 2 is 1.86 bits per heavy atom. The van der Waals surface area contributed by atoms with Crippen LogP contribution in [0.25, 0.3) is 0 Å². The number of anilines is 1. The molecule has 0 unspecified atom stereocenters. The maximum absolute atomic E-state index is 12.0. The van der Waals surface area contributed by atoms with E-state index in [4.69, 9.17) is 0 Å². The van der Waals surface area contributed by atoms with Crippen molar-refractivity contribution in [1.29, 1.82) is 0 Å². The first-order chi connectivity index (χ1) is 9.88. The van der Waals surface area contributed by atoms with Crippen LogP contribution in [0.4, 0.5) is 11.4 Å². The molecule has 0 aromatic heterocycles. The van der Waals surface area contributed by atoms with Crippen LogP contribution in [0.15, 0.2) is 36.4 Å².